The van der Waals surface area contributed by atoms with E-state index in [1.165, 1.54) is 19.7 Å². The maximum absolute atomic E-state index is 12.8. The number of rotatable bonds is 3. The molecule has 3 heterocycles. The number of hydrogen-bond acceptors (Lipinski definition) is 6. The van der Waals surface area contributed by atoms with E-state index in [0.717, 1.165) is 42.2 Å². The highest BCUT2D eigenvalue weighted by Gasteiger charge is 2.41. The van der Waals surface area contributed by atoms with Crippen LogP contribution in [0.15, 0.2) is 24.3 Å². The van der Waals surface area contributed by atoms with Gasteiger partial charge in [-0.15, -0.1) is 0 Å². The number of fused-ring (bicyclic) bond motifs is 9. The molecule has 1 saturated heterocycles. The van der Waals surface area contributed by atoms with E-state index < -0.39 is 28.4 Å². The first-order valence-electron chi connectivity index (χ1n) is 12.3. The minimum Gasteiger partial charge on any atom is -0.494 e. The van der Waals surface area contributed by atoms with Gasteiger partial charge in [-0.05, 0) is 68.6 Å². The van der Waals surface area contributed by atoms with Gasteiger partial charge in [0.25, 0.3) is 10.2 Å². The number of nitrogens with one attached hydrogen (secondary N) is 1. The molecule has 4 bridgehead atoms. The summed E-state index contributed by atoms with van der Waals surface area (Å²) in [6.07, 6.45) is 5.59. The summed E-state index contributed by atoms with van der Waals surface area (Å²) in [5.41, 5.74) is 1.31. The molecule has 0 aromatic heterocycles. The Labute approximate surface area is 202 Å². The van der Waals surface area contributed by atoms with Gasteiger partial charge in [0.2, 0.25) is 0 Å². The summed E-state index contributed by atoms with van der Waals surface area (Å²) in [7, 11) is -0.653. The van der Waals surface area contributed by atoms with E-state index >= 15 is 0 Å². The maximum atomic E-state index is 12.8. The second-order valence-corrected chi connectivity index (χ2v) is 11.5. The van der Waals surface area contributed by atoms with Crippen LogP contribution in [0.25, 0.3) is 0 Å². The summed E-state index contributed by atoms with van der Waals surface area (Å²) in [4.78, 5) is 14.5. The molecule has 1 saturated carbocycles. The first-order chi connectivity index (χ1) is 16.3. The summed E-state index contributed by atoms with van der Waals surface area (Å²) in [6, 6.07) is 7.54. The van der Waals surface area contributed by atoms with Crippen molar-refractivity contribution in [2.75, 3.05) is 40.5 Å². The van der Waals surface area contributed by atoms with Crippen LogP contribution in [-0.2, 0) is 19.7 Å². The highest BCUT2D eigenvalue weighted by molar-refractivity contribution is 7.87. The van der Waals surface area contributed by atoms with Crippen molar-refractivity contribution in [3.05, 3.63) is 29.8 Å². The van der Waals surface area contributed by atoms with Gasteiger partial charge in [-0.3, -0.25) is 0 Å². The third-order valence-electron chi connectivity index (χ3n) is 7.10. The molecule has 0 radical (unpaired) electrons. The molecule has 2 fully saturated rings. The van der Waals surface area contributed by atoms with E-state index in [1.54, 1.807) is 4.90 Å². The molecule has 0 spiro atoms. The third kappa shape index (κ3) is 6.21. The molecule has 1 N–H and O–H groups in total. The first kappa shape index (κ1) is 25.2. The van der Waals surface area contributed by atoms with Crippen molar-refractivity contribution in [1.82, 2.24) is 13.9 Å². The molecule has 4 aliphatic rings. The lowest BCUT2D eigenvalue weighted by Crippen LogP contribution is -2.51. The van der Waals surface area contributed by atoms with Gasteiger partial charge >= 0.3 is 6.09 Å². The minimum absolute atomic E-state index is 0.0964. The van der Waals surface area contributed by atoms with Gasteiger partial charge in [0, 0.05) is 26.7 Å². The predicted molar refractivity (Wildman–Crippen MR) is 128 cm³/mol. The maximum Gasteiger partial charge on any atom is 0.410 e. The molecule has 10 heteroatoms. The van der Waals surface area contributed by atoms with Crippen molar-refractivity contribution < 1.29 is 27.4 Å². The molecule has 2 atom stereocenters. The van der Waals surface area contributed by atoms with E-state index in [2.05, 4.69) is 22.9 Å². The molecule has 1 aromatic rings. The topological polar surface area (TPSA) is 97.4 Å². The van der Waals surface area contributed by atoms with Crippen LogP contribution in [0, 0.1) is 0 Å². The van der Waals surface area contributed by atoms with Crippen molar-refractivity contribution in [2.45, 2.75) is 69.1 Å². The minimum atomic E-state index is -3.63. The van der Waals surface area contributed by atoms with Crippen LogP contribution in [-0.4, -0.2) is 82.4 Å². The van der Waals surface area contributed by atoms with E-state index in [1.807, 2.05) is 6.07 Å². The zero-order valence-electron chi connectivity index (χ0n) is 20.1. The van der Waals surface area contributed by atoms with Crippen LogP contribution < -0.4 is 9.46 Å². The Hall–Kier alpha value is -1.88. The molecule has 190 valence electrons. The van der Waals surface area contributed by atoms with E-state index in [9.17, 15) is 13.2 Å². The SMILES string of the molecule is CN(C)S(=O)(=O)N[C@H]1CCN2C(=O)OCCCCOc3cccc(c3)C3CCC(CC3)OC[C@@H]12. The number of carbonyl (C=O) groups is 1. The van der Waals surface area contributed by atoms with Crippen LogP contribution in [0.4, 0.5) is 4.79 Å². The monoisotopic (exact) mass is 495 g/mol. The molecule has 1 amide bonds. The lowest BCUT2D eigenvalue weighted by molar-refractivity contribution is -0.00713. The lowest BCUT2D eigenvalue weighted by Gasteiger charge is -2.33. The summed E-state index contributed by atoms with van der Waals surface area (Å²) in [5, 5.41) is 0. The van der Waals surface area contributed by atoms with Gasteiger partial charge < -0.3 is 19.1 Å². The predicted octanol–water partition coefficient (Wildman–Crippen LogP) is 2.88. The highest BCUT2D eigenvalue weighted by atomic mass is 32.2. The normalized spacial score (nSPS) is 29.1. The summed E-state index contributed by atoms with van der Waals surface area (Å²) in [5.74, 6) is 1.38. The van der Waals surface area contributed by atoms with E-state index in [-0.39, 0.29) is 12.7 Å². The molecule has 1 aliphatic carbocycles. The molecule has 5 rings (SSSR count). The van der Waals surface area contributed by atoms with Crippen LogP contribution in [0.5, 0.6) is 5.75 Å². The number of ether oxygens (including phenoxy) is 3. The van der Waals surface area contributed by atoms with E-state index in [4.69, 9.17) is 14.2 Å². The Balaban J connectivity index is 1.47. The molecule has 9 nitrogen and oxygen atoms in total. The third-order valence-corrected chi connectivity index (χ3v) is 8.66. The van der Waals surface area contributed by atoms with Crippen LogP contribution in [0.2, 0.25) is 0 Å². The average molecular weight is 496 g/mol. The zero-order valence-corrected chi connectivity index (χ0v) is 21.0. The van der Waals surface area contributed by atoms with E-state index in [0.29, 0.717) is 38.5 Å². The zero-order chi connectivity index (χ0) is 24.1. The van der Waals surface area contributed by atoms with Gasteiger partial charge in [-0.25, -0.2) is 4.79 Å². The number of hydrogen-bond donors (Lipinski definition) is 1. The molecule has 34 heavy (non-hydrogen) atoms. The van der Waals surface area contributed by atoms with Crippen molar-refractivity contribution in [3.8, 4) is 5.75 Å². The van der Waals surface area contributed by atoms with Crippen molar-refractivity contribution in [2.24, 2.45) is 0 Å². The molecule has 0 unspecified atom stereocenters. The molecule has 1 aromatic carbocycles. The second-order valence-electron chi connectivity index (χ2n) is 9.61. The fourth-order valence-electron chi connectivity index (χ4n) is 5.01. The Morgan fingerprint density at radius 3 is 2.50 bits per heavy atom. The Kier molecular flexibility index (Phi) is 8.34. The van der Waals surface area contributed by atoms with Gasteiger partial charge in [-0.2, -0.15) is 17.4 Å². The van der Waals surface area contributed by atoms with Gasteiger partial charge in [0.15, 0.2) is 0 Å². The van der Waals surface area contributed by atoms with Crippen molar-refractivity contribution in [1.29, 1.82) is 0 Å². The van der Waals surface area contributed by atoms with Crippen LogP contribution >= 0.6 is 0 Å². The van der Waals surface area contributed by atoms with Gasteiger partial charge in [0.05, 0.1) is 32.0 Å². The van der Waals surface area contributed by atoms with Crippen molar-refractivity contribution in [3.63, 3.8) is 0 Å². The number of amides is 1. The summed E-state index contributed by atoms with van der Waals surface area (Å²) in [6.45, 7) is 1.58. The Morgan fingerprint density at radius 2 is 1.76 bits per heavy atom. The molecular formula is C24H37N3O6S. The number of benzene rings is 1. The smallest absolute Gasteiger partial charge is 0.410 e. The molecular weight excluding hydrogens is 458 g/mol. The lowest BCUT2D eigenvalue weighted by atomic mass is 9.82. The number of nitrogens with zero attached hydrogens (tertiary/aromatic N) is 2. The largest absolute Gasteiger partial charge is 0.494 e. The number of carbonyl (C=O) groups excluding carboxylic acids is 1. The Morgan fingerprint density at radius 1 is 1.03 bits per heavy atom. The van der Waals surface area contributed by atoms with Crippen molar-refractivity contribution >= 4 is 16.3 Å². The quantitative estimate of drug-likeness (QED) is 0.693. The summed E-state index contributed by atoms with van der Waals surface area (Å²) >= 11 is 0. The van der Waals surface area contributed by atoms with Gasteiger partial charge in [-0.1, -0.05) is 12.1 Å². The second kappa shape index (κ2) is 11.2. The van der Waals surface area contributed by atoms with Crippen LogP contribution in [0.3, 0.4) is 0 Å². The fourth-order valence-corrected chi connectivity index (χ4v) is 5.88. The van der Waals surface area contributed by atoms with Crippen LogP contribution in [0.1, 0.15) is 56.4 Å². The highest BCUT2D eigenvalue weighted by Crippen LogP contribution is 2.35. The van der Waals surface area contributed by atoms with Gasteiger partial charge in [0.1, 0.15) is 5.75 Å². The summed E-state index contributed by atoms with van der Waals surface area (Å²) < 4.78 is 46.5. The standard InChI is InChI=1S/C24H37N3O6S/c1-26(2)34(29,30)25-22-12-13-27-23(22)17-33-20-10-8-18(9-11-20)19-6-5-7-21(16-19)31-14-3-4-15-32-24(27)28/h5-7,16,18,20,22-23,25H,3-4,8-15,17H2,1-2H3/t18?,20?,22-,23-/m0/s1. The fraction of sp³-hybridized carbons (Fsp3) is 0.708. The Bertz CT molecular complexity index is 932. The molecule has 3 aliphatic heterocycles. The average Bonchev–Trinajstić information content (AvgIpc) is 3.21. The first-order valence-corrected chi connectivity index (χ1v) is 13.7.